The second kappa shape index (κ2) is 6.20. The van der Waals surface area contributed by atoms with E-state index in [1.807, 2.05) is 41.6 Å². The van der Waals surface area contributed by atoms with Crippen molar-refractivity contribution in [1.29, 1.82) is 0 Å². The highest BCUT2D eigenvalue weighted by Gasteiger charge is 2.25. The van der Waals surface area contributed by atoms with Crippen LogP contribution in [-0.2, 0) is 14.1 Å². The van der Waals surface area contributed by atoms with Gasteiger partial charge in [-0.25, -0.2) is 9.97 Å². The van der Waals surface area contributed by atoms with Crippen LogP contribution in [0.5, 0.6) is 0 Å². The van der Waals surface area contributed by atoms with Gasteiger partial charge in [-0.15, -0.1) is 0 Å². The fraction of sp³-hybridized carbons (Fsp3) is 0.450. The molecule has 0 aliphatic heterocycles. The van der Waals surface area contributed by atoms with E-state index in [9.17, 15) is 4.79 Å². The van der Waals surface area contributed by atoms with Gasteiger partial charge < -0.3 is 20.2 Å². The van der Waals surface area contributed by atoms with Crippen molar-refractivity contribution in [3.63, 3.8) is 0 Å². The van der Waals surface area contributed by atoms with Crippen LogP contribution in [0.2, 0.25) is 0 Å². The van der Waals surface area contributed by atoms with Crippen LogP contribution < -0.4 is 11.1 Å². The summed E-state index contributed by atoms with van der Waals surface area (Å²) < 4.78 is 3.91. The number of fused-ring (bicyclic) bond motifs is 1. The van der Waals surface area contributed by atoms with Gasteiger partial charge >= 0.3 is 0 Å². The van der Waals surface area contributed by atoms with Crippen LogP contribution >= 0.6 is 0 Å². The van der Waals surface area contributed by atoms with E-state index in [2.05, 4.69) is 26.1 Å². The van der Waals surface area contributed by atoms with Crippen molar-refractivity contribution in [3.05, 3.63) is 30.0 Å². The number of hydrogen-bond donors (Lipinski definition) is 2. The second-order valence-corrected chi connectivity index (χ2v) is 8.68. The molecule has 0 aliphatic rings. The Bertz CT molecular complexity index is 1010. The first-order valence-corrected chi connectivity index (χ1v) is 8.99. The number of nitrogens with two attached hydrogens (primary N) is 1. The average molecular weight is 368 g/mol. The van der Waals surface area contributed by atoms with Crippen LogP contribution in [0.4, 0.5) is 5.82 Å². The van der Waals surface area contributed by atoms with Crippen molar-refractivity contribution < 1.29 is 4.79 Å². The maximum absolute atomic E-state index is 12.5. The molecule has 27 heavy (non-hydrogen) atoms. The minimum Gasteiger partial charge on any atom is -0.364 e. The Labute approximate surface area is 159 Å². The smallest absolute Gasteiger partial charge is 0.182 e. The third-order valence-electron chi connectivity index (χ3n) is 4.31. The molecular formula is C20H28N6O. The Balaban J connectivity index is 2.07. The minimum absolute atomic E-state index is 0.0811. The molecule has 3 N–H and O–H groups in total. The molecule has 0 amide bonds. The summed E-state index contributed by atoms with van der Waals surface area (Å²) in [6.45, 7) is 9.70. The summed E-state index contributed by atoms with van der Waals surface area (Å²) >= 11 is 0. The molecule has 3 aromatic rings. The number of carbonyl (C=O) groups is 1. The molecule has 0 unspecified atom stereocenters. The van der Waals surface area contributed by atoms with Crippen LogP contribution in [0, 0.1) is 0 Å². The van der Waals surface area contributed by atoms with Crippen molar-refractivity contribution in [2.24, 2.45) is 19.8 Å². The second-order valence-electron chi connectivity index (χ2n) is 8.68. The summed E-state index contributed by atoms with van der Waals surface area (Å²) in [6, 6.07) is 5.48. The maximum atomic E-state index is 12.5. The largest absolute Gasteiger partial charge is 0.364 e. The fourth-order valence-electron chi connectivity index (χ4n) is 3.02. The first kappa shape index (κ1) is 19.1. The molecule has 0 fully saturated rings. The molecule has 7 heteroatoms. The van der Waals surface area contributed by atoms with Crippen LogP contribution in [0.3, 0.4) is 0 Å². The molecule has 0 bridgehead atoms. The number of rotatable bonds is 4. The normalized spacial score (nSPS) is 12.6. The number of Topliss-reactive ketones (excluding diaryl/α,β-unsaturated/α-hetero) is 1. The Morgan fingerprint density at radius 2 is 1.74 bits per heavy atom. The number of nitrogens with one attached hydrogen (secondary N) is 1. The number of carbonyl (C=O) groups excluding carboxylic acids is 1. The van der Waals surface area contributed by atoms with Crippen molar-refractivity contribution in [1.82, 2.24) is 19.1 Å². The van der Waals surface area contributed by atoms with E-state index < -0.39 is 5.54 Å². The molecular weight excluding hydrogens is 340 g/mol. The van der Waals surface area contributed by atoms with Gasteiger partial charge in [0.1, 0.15) is 5.82 Å². The van der Waals surface area contributed by atoms with Crippen LogP contribution in [0.25, 0.3) is 22.7 Å². The van der Waals surface area contributed by atoms with Gasteiger partial charge in [0.05, 0.1) is 16.6 Å². The quantitative estimate of drug-likeness (QED) is 0.691. The molecule has 0 radical (unpaired) electrons. The third-order valence-corrected chi connectivity index (χ3v) is 4.31. The molecule has 0 aliphatic carbocycles. The van der Waals surface area contributed by atoms with Gasteiger partial charge in [0.25, 0.3) is 0 Å². The van der Waals surface area contributed by atoms with E-state index in [1.54, 1.807) is 19.9 Å². The molecule has 0 saturated heterocycles. The molecule has 3 rings (SSSR count). The first-order valence-electron chi connectivity index (χ1n) is 8.99. The SMILES string of the molecule is Cn1cc(NC(C)(C)C)nc1-c1nc2ccc(C(=O)C(C)(C)N)cc2n1C. The van der Waals surface area contributed by atoms with Gasteiger partial charge in [0.2, 0.25) is 0 Å². The van der Waals surface area contributed by atoms with Crippen molar-refractivity contribution in [2.75, 3.05) is 5.32 Å². The molecule has 1 aromatic carbocycles. The summed E-state index contributed by atoms with van der Waals surface area (Å²) in [5.41, 5.74) is 7.24. The van der Waals surface area contributed by atoms with Crippen molar-refractivity contribution >= 4 is 22.6 Å². The summed E-state index contributed by atoms with van der Waals surface area (Å²) in [7, 11) is 3.87. The van der Waals surface area contributed by atoms with Gasteiger partial charge in [0.15, 0.2) is 17.4 Å². The van der Waals surface area contributed by atoms with Gasteiger partial charge in [-0.3, -0.25) is 4.79 Å². The number of aromatic nitrogens is 4. The lowest BCUT2D eigenvalue weighted by Crippen LogP contribution is -2.41. The van der Waals surface area contributed by atoms with Gasteiger partial charge in [-0.2, -0.15) is 0 Å². The Hall–Kier alpha value is -2.67. The van der Waals surface area contributed by atoms with Crippen LogP contribution in [0.1, 0.15) is 45.0 Å². The van der Waals surface area contributed by atoms with Gasteiger partial charge in [-0.1, -0.05) is 0 Å². The lowest BCUT2D eigenvalue weighted by Gasteiger charge is -2.19. The highest BCUT2D eigenvalue weighted by atomic mass is 16.1. The van der Waals surface area contributed by atoms with E-state index in [4.69, 9.17) is 15.7 Å². The summed E-state index contributed by atoms with van der Waals surface area (Å²) in [6.07, 6.45) is 1.95. The van der Waals surface area contributed by atoms with E-state index in [-0.39, 0.29) is 11.3 Å². The highest BCUT2D eigenvalue weighted by molar-refractivity contribution is 6.04. The molecule has 144 valence electrons. The molecule has 2 aromatic heterocycles. The zero-order chi connectivity index (χ0) is 20.1. The molecule has 0 spiro atoms. The lowest BCUT2D eigenvalue weighted by atomic mass is 9.94. The minimum atomic E-state index is -0.914. The van der Waals surface area contributed by atoms with E-state index in [0.29, 0.717) is 5.56 Å². The summed E-state index contributed by atoms with van der Waals surface area (Å²) in [5, 5.41) is 3.38. The number of aryl methyl sites for hydroxylation is 2. The number of ketones is 1. The number of anilines is 1. The van der Waals surface area contributed by atoms with Crippen LogP contribution in [-0.4, -0.2) is 36.0 Å². The van der Waals surface area contributed by atoms with E-state index in [0.717, 1.165) is 28.5 Å². The molecule has 2 heterocycles. The molecule has 0 saturated carbocycles. The van der Waals surface area contributed by atoms with Gasteiger partial charge in [0, 0.05) is 31.4 Å². The average Bonchev–Trinajstić information content (AvgIpc) is 3.03. The van der Waals surface area contributed by atoms with Crippen molar-refractivity contribution in [2.45, 2.75) is 45.7 Å². The molecule has 0 atom stereocenters. The summed E-state index contributed by atoms with van der Waals surface area (Å²) in [4.78, 5) is 21.9. The third kappa shape index (κ3) is 3.73. The predicted molar refractivity (Wildman–Crippen MR) is 109 cm³/mol. The number of nitrogens with zero attached hydrogens (tertiary/aromatic N) is 4. The lowest BCUT2D eigenvalue weighted by molar-refractivity contribution is 0.0913. The number of hydrogen-bond acceptors (Lipinski definition) is 5. The summed E-state index contributed by atoms with van der Waals surface area (Å²) in [5.74, 6) is 2.20. The van der Waals surface area contributed by atoms with Crippen molar-refractivity contribution in [3.8, 4) is 11.6 Å². The predicted octanol–water partition coefficient (Wildman–Crippen LogP) is 3.10. The maximum Gasteiger partial charge on any atom is 0.182 e. The van der Waals surface area contributed by atoms with E-state index in [1.165, 1.54) is 0 Å². The first-order chi connectivity index (χ1) is 12.4. The number of benzene rings is 1. The topological polar surface area (TPSA) is 90.8 Å². The Morgan fingerprint density at radius 3 is 2.33 bits per heavy atom. The van der Waals surface area contributed by atoms with E-state index >= 15 is 0 Å². The monoisotopic (exact) mass is 368 g/mol. The van der Waals surface area contributed by atoms with Gasteiger partial charge in [-0.05, 0) is 52.8 Å². The zero-order valence-electron chi connectivity index (χ0n) is 17.1. The van der Waals surface area contributed by atoms with Crippen LogP contribution in [0.15, 0.2) is 24.4 Å². The number of imidazole rings is 2. The fourth-order valence-corrected chi connectivity index (χ4v) is 3.02. The Kier molecular flexibility index (Phi) is 4.38. The zero-order valence-corrected chi connectivity index (χ0v) is 17.1. The standard InChI is InChI=1S/C20H28N6O/c1-19(2,3)24-15-11-25(6)17(23-15)18-22-13-9-8-12(10-14(13)26(18)7)16(27)20(4,5)21/h8-11,24H,21H2,1-7H3. The highest BCUT2D eigenvalue weighted by Crippen LogP contribution is 2.26. The molecule has 7 nitrogen and oxygen atoms in total. The Morgan fingerprint density at radius 1 is 1.07 bits per heavy atom.